The number of morpholine rings is 1. The molecule has 1 amide bonds. The lowest BCUT2D eigenvalue weighted by Crippen LogP contribution is -2.54. The molecule has 20 heavy (non-hydrogen) atoms. The quantitative estimate of drug-likeness (QED) is 0.759. The van der Waals surface area contributed by atoms with Gasteiger partial charge in [0.15, 0.2) is 0 Å². The molecule has 0 aromatic carbocycles. The molecule has 0 radical (unpaired) electrons. The lowest BCUT2D eigenvalue weighted by molar-refractivity contribution is -0.124. The van der Waals surface area contributed by atoms with Gasteiger partial charge in [0.25, 0.3) is 0 Å². The summed E-state index contributed by atoms with van der Waals surface area (Å²) in [5, 5.41) is 5.87. The molecule has 0 aliphatic carbocycles. The zero-order valence-electron chi connectivity index (χ0n) is 11.9. The van der Waals surface area contributed by atoms with E-state index in [-0.39, 0.29) is 11.9 Å². The molecule has 1 unspecified atom stereocenters. The van der Waals surface area contributed by atoms with Gasteiger partial charge in [-0.05, 0) is 14.0 Å². The van der Waals surface area contributed by atoms with Crippen LogP contribution in [0.2, 0.25) is 0 Å². The van der Waals surface area contributed by atoms with Gasteiger partial charge in [0.2, 0.25) is 11.9 Å². The van der Waals surface area contributed by atoms with Crippen molar-refractivity contribution in [3.05, 3.63) is 18.0 Å². The van der Waals surface area contributed by atoms with E-state index in [1.54, 1.807) is 12.4 Å². The Balaban J connectivity index is 2.12. The first-order valence-electron chi connectivity index (χ1n) is 6.84. The third-order valence-electron chi connectivity index (χ3n) is 3.11. The van der Waals surface area contributed by atoms with Crippen LogP contribution in [-0.2, 0) is 16.1 Å². The highest BCUT2D eigenvalue weighted by atomic mass is 16.5. The van der Waals surface area contributed by atoms with Crippen LogP contribution in [0.25, 0.3) is 0 Å². The van der Waals surface area contributed by atoms with Gasteiger partial charge in [-0.15, -0.1) is 0 Å². The molecular weight excluding hydrogens is 258 g/mol. The number of ether oxygens (including phenoxy) is 1. The lowest BCUT2D eigenvalue weighted by Gasteiger charge is -2.34. The third-order valence-corrected chi connectivity index (χ3v) is 3.11. The van der Waals surface area contributed by atoms with Crippen LogP contribution in [0.4, 0.5) is 5.95 Å². The predicted molar refractivity (Wildman–Crippen MR) is 75.4 cm³/mol. The second-order valence-corrected chi connectivity index (χ2v) is 4.60. The summed E-state index contributed by atoms with van der Waals surface area (Å²) in [6.07, 6.45) is 3.56. The van der Waals surface area contributed by atoms with E-state index in [2.05, 4.69) is 20.6 Å². The minimum Gasteiger partial charge on any atom is -0.377 e. The second kappa shape index (κ2) is 7.16. The zero-order chi connectivity index (χ0) is 14.4. The van der Waals surface area contributed by atoms with Crippen LogP contribution >= 0.6 is 0 Å². The summed E-state index contributed by atoms with van der Waals surface area (Å²) in [4.78, 5) is 22.7. The van der Waals surface area contributed by atoms with Gasteiger partial charge in [-0.1, -0.05) is 0 Å². The molecule has 0 bridgehead atoms. The molecule has 1 aliphatic rings. The second-order valence-electron chi connectivity index (χ2n) is 4.60. The van der Waals surface area contributed by atoms with Gasteiger partial charge in [0, 0.05) is 37.6 Å². The fraction of sp³-hybridized carbons (Fsp3) is 0.615. The van der Waals surface area contributed by atoms with Gasteiger partial charge < -0.3 is 20.3 Å². The molecule has 1 fully saturated rings. The molecule has 1 saturated heterocycles. The predicted octanol–water partition coefficient (Wildman–Crippen LogP) is -0.463. The minimum absolute atomic E-state index is 0.0462. The molecule has 2 rings (SSSR count). The van der Waals surface area contributed by atoms with Crippen molar-refractivity contribution in [2.24, 2.45) is 0 Å². The van der Waals surface area contributed by atoms with E-state index in [0.29, 0.717) is 32.3 Å². The Morgan fingerprint density at radius 3 is 2.90 bits per heavy atom. The van der Waals surface area contributed by atoms with E-state index >= 15 is 0 Å². The number of anilines is 1. The molecule has 2 N–H and O–H groups in total. The number of likely N-dealkylation sites (N-methyl/N-ethyl adjacent to an activating group) is 1. The van der Waals surface area contributed by atoms with E-state index in [4.69, 9.17) is 4.74 Å². The van der Waals surface area contributed by atoms with Gasteiger partial charge in [0.05, 0.1) is 13.2 Å². The van der Waals surface area contributed by atoms with Crippen LogP contribution < -0.4 is 15.5 Å². The van der Waals surface area contributed by atoms with E-state index in [0.717, 1.165) is 12.1 Å². The number of hydrogen-bond donors (Lipinski definition) is 2. The Kier molecular flexibility index (Phi) is 5.25. The molecule has 7 nitrogen and oxygen atoms in total. The highest BCUT2D eigenvalue weighted by Gasteiger charge is 2.30. The highest BCUT2D eigenvalue weighted by Crippen LogP contribution is 2.15. The van der Waals surface area contributed by atoms with Crippen molar-refractivity contribution >= 4 is 11.9 Å². The summed E-state index contributed by atoms with van der Waals surface area (Å²) in [6, 6.07) is -0.362. The van der Waals surface area contributed by atoms with Crippen molar-refractivity contribution in [1.82, 2.24) is 20.6 Å². The number of aromatic nitrogens is 2. The van der Waals surface area contributed by atoms with Gasteiger partial charge in [0.1, 0.15) is 6.04 Å². The smallest absolute Gasteiger partial charge is 0.245 e. The van der Waals surface area contributed by atoms with Crippen LogP contribution in [-0.4, -0.2) is 55.3 Å². The summed E-state index contributed by atoms with van der Waals surface area (Å²) >= 11 is 0. The van der Waals surface area contributed by atoms with Gasteiger partial charge in [-0.25, -0.2) is 9.97 Å². The van der Waals surface area contributed by atoms with Crippen molar-refractivity contribution in [1.29, 1.82) is 0 Å². The number of nitrogens with zero attached hydrogens (tertiary/aromatic N) is 3. The monoisotopic (exact) mass is 279 g/mol. The van der Waals surface area contributed by atoms with Crippen LogP contribution in [0, 0.1) is 0 Å². The topological polar surface area (TPSA) is 79.4 Å². The van der Waals surface area contributed by atoms with Crippen molar-refractivity contribution in [2.75, 3.05) is 38.3 Å². The zero-order valence-corrected chi connectivity index (χ0v) is 11.9. The maximum absolute atomic E-state index is 12.1. The van der Waals surface area contributed by atoms with Crippen LogP contribution in [0.5, 0.6) is 0 Å². The fourth-order valence-corrected chi connectivity index (χ4v) is 2.14. The average Bonchev–Trinajstić information content (AvgIpc) is 2.49. The molecule has 110 valence electrons. The largest absolute Gasteiger partial charge is 0.377 e. The fourth-order valence-electron chi connectivity index (χ4n) is 2.14. The maximum atomic E-state index is 12.1. The Morgan fingerprint density at radius 2 is 2.25 bits per heavy atom. The summed E-state index contributed by atoms with van der Waals surface area (Å²) < 4.78 is 5.40. The van der Waals surface area contributed by atoms with Crippen molar-refractivity contribution in [3.63, 3.8) is 0 Å². The number of amides is 1. The molecule has 0 saturated carbocycles. The summed E-state index contributed by atoms with van der Waals surface area (Å²) in [7, 11) is 1.88. The molecular formula is C13H21N5O2. The standard InChI is InChI=1S/C13H21N5O2/c1-3-15-12(19)11-9-20-5-4-18(11)13-16-7-10(6-14-2)8-17-13/h7-8,11,14H,3-6,9H2,1-2H3,(H,15,19). The summed E-state index contributed by atoms with van der Waals surface area (Å²) in [6.45, 7) is 4.79. The Bertz CT molecular complexity index is 437. The van der Waals surface area contributed by atoms with Crippen molar-refractivity contribution in [2.45, 2.75) is 19.5 Å². The molecule has 1 aromatic heterocycles. The first-order valence-corrected chi connectivity index (χ1v) is 6.84. The summed E-state index contributed by atoms with van der Waals surface area (Å²) in [5.74, 6) is 0.527. The number of rotatable bonds is 5. The Morgan fingerprint density at radius 1 is 1.50 bits per heavy atom. The number of hydrogen-bond acceptors (Lipinski definition) is 6. The van der Waals surface area contributed by atoms with E-state index < -0.39 is 0 Å². The van der Waals surface area contributed by atoms with Crippen LogP contribution in [0.3, 0.4) is 0 Å². The molecule has 0 spiro atoms. The van der Waals surface area contributed by atoms with Gasteiger partial charge >= 0.3 is 0 Å². The first kappa shape index (κ1) is 14.7. The van der Waals surface area contributed by atoms with Crippen LogP contribution in [0.1, 0.15) is 12.5 Å². The van der Waals surface area contributed by atoms with E-state index in [1.165, 1.54) is 0 Å². The SMILES string of the molecule is CCNC(=O)C1COCCN1c1ncc(CNC)cn1. The number of carbonyl (C=O) groups excluding carboxylic acids is 1. The third kappa shape index (κ3) is 3.43. The molecule has 1 aliphatic heterocycles. The molecule has 2 heterocycles. The molecule has 1 atom stereocenters. The highest BCUT2D eigenvalue weighted by molar-refractivity contribution is 5.85. The average molecular weight is 279 g/mol. The minimum atomic E-state index is -0.362. The Labute approximate surface area is 118 Å². The van der Waals surface area contributed by atoms with E-state index in [1.807, 2.05) is 18.9 Å². The van der Waals surface area contributed by atoms with Gasteiger partial charge in [-0.3, -0.25) is 4.79 Å². The lowest BCUT2D eigenvalue weighted by atomic mass is 10.2. The molecule has 1 aromatic rings. The molecule has 7 heteroatoms. The summed E-state index contributed by atoms with van der Waals surface area (Å²) in [5.41, 5.74) is 1.01. The number of nitrogens with one attached hydrogen (secondary N) is 2. The Hall–Kier alpha value is -1.73. The van der Waals surface area contributed by atoms with Crippen molar-refractivity contribution < 1.29 is 9.53 Å². The number of carbonyl (C=O) groups is 1. The maximum Gasteiger partial charge on any atom is 0.245 e. The van der Waals surface area contributed by atoms with E-state index in [9.17, 15) is 4.79 Å². The van der Waals surface area contributed by atoms with Crippen molar-refractivity contribution in [3.8, 4) is 0 Å². The van der Waals surface area contributed by atoms with Crippen LogP contribution in [0.15, 0.2) is 12.4 Å². The normalized spacial score (nSPS) is 18.9. The first-order chi connectivity index (χ1) is 9.76. The van der Waals surface area contributed by atoms with Gasteiger partial charge in [-0.2, -0.15) is 0 Å².